The molecule has 1 amide bonds. The van der Waals surface area contributed by atoms with Gasteiger partial charge in [-0.05, 0) is 36.2 Å². The highest BCUT2D eigenvalue weighted by atomic mass is 35.5. The van der Waals surface area contributed by atoms with Crippen LogP contribution in [0.3, 0.4) is 0 Å². The van der Waals surface area contributed by atoms with E-state index in [1.807, 2.05) is 12.1 Å². The summed E-state index contributed by atoms with van der Waals surface area (Å²) in [5.41, 5.74) is 3.38. The number of aryl methyl sites for hydroxylation is 1. The molecule has 0 saturated heterocycles. The lowest BCUT2D eigenvalue weighted by molar-refractivity contribution is 0.102. The van der Waals surface area contributed by atoms with Crippen molar-refractivity contribution in [1.29, 1.82) is 0 Å². The summed E-state index contributed by atoms with van der Waals surface area (Å²) in [5.74, 6) is 0.190. The fourth-order valence-electron chi connectivity index (χ4n) is 2.29. The molecule has 0 aliphatic rings. The van der Waals surface area contributed by atoms with E-state index in [0.29, 0.717) is 28.8 Å². The maximum Gasteiger partial charge on any atom is 0.258 e. The van der Waals surface area contributed by atoms with Gasteiger partial charge in [0.15, 0.2) is 0 Å². The predicted octanol–water partition coefficient (Wildman–Crippen LogP) is 4.30. The molecule has 3 rings (SSSR count). The van der Waals surface area contributed by atoms with E-state index < -0.39 is 0 Å². The summed E-state index contributed by atoms with van der Waals surface area (Å²) in [6.45, 7) is 2.68. The van der Waals surface area contributed by atoms with Gasteiger partial charge in [-0.25, -0.2) is 9.97 Å². The zero-order valence-corrected chi connectivity index (χ0v) is 14.4. The van der Waals surface area contributed by atoms with Crippen LogP contribution in [0.25, 0.3) is 0 Å². The lowest BCUT2D eigenvalue weighted by Crippen LogP contribution is -2.13. The number of carbonyl (C=O) groups is 1. The molecular weight excluding hydrogens is 336 g/mol. The standard InChI is InChI=1S/C19H17ClN4O/c1-13-5-2-3-6-14(13)10-21-19-22-11-15(12-23-19)18(25)24-17-8-4-7-16(20)9-17/h2-9,11-12H,10H2,1H3,(H,24,25)(H,21,22,23). The van der Waals surface area contributed by atoms with Crippen molar-refractivity contribution in [3.8, 4) is 0 Å². The smallest absolute Gasteiger partial charge is 0.258 e. The third-order valence-corrected chi connectivity index (χ3v) is 3.93. The maximum atomic E-state index is 12.2. The lowest BCUT2D eigenvalue weighted by Gasteiger charge is -2.08. The van der Waals surface area contributed by atoms with Crippen LogP contribution in [0.2, 0.25) is 5.02 Å². The van der Waals surface area contributed by atoms with E-state index in [1.165, 1.54) is 23.5 Å². The van der Waals surface area contributed by atoms with Gasteiger partial charge >= 0.3 is 0 Å². The Labute approximate surface area is 151 Å². The quantitative estimate of drug-likeness (QED) is 0.718. The van der Waals surface area contributed by atoms with Crippen molar-refractivity contribution in [2.45, 2.75) is 13.5 Å². The van der Waals surface area contributed by atoms with Crippen LogP contribution in [0.15, 0.2) is 60.9 Å². The van der Waals surface area contributed by atoms with Crippen LogP contribution < -0.4 is 10.6 Å². The number of hydrogen-bond acceptors (Lipinski definition) is 4. The van der Waals surface area contributed by atoms with Crippen molar-refractivity contribution in [3.63, 3.8) is 0 Å². The van der Waals surface area contributed by atoms with Crippen molar-refractivity contribution in [1.82, 2.24) is 9.97 Å². The van der Waals surface area contributed by atoms with Gasteiger partial charge in [-0.1, -0.05) is 41.9 Å². The molecule has 0 bridgehead atoms. The number of halogens is 1. The molecule has 0 aliphatic heterocycles. The van der Waals surface area contributed by atoms with E-state index in [1.54, 1.807) is 24.3 Å². The molecular formula is C19H17ClN4O. The van der Waals surface area contributed by atoms with Gasteiger partial charge in [0.2, 0.25) is 5.95 Å². The topological polar surface area (TPSA) is 66.9 Å². The minimum Gasteiger partial charge on any atom is -0.350 e. The Morgan fingerprint density at radius 2 is 1.84 bits per heavy atom. The summed E-state index contributed by atoms with van der Waals surface area (Å²) < 4.78 is 0. The molecule has 126 valence electrons. The third-order valence-electron chi connectivity index (χ3n) is 3.69. The van der Waals surface area contributed by atoms with Gasteiger partial charge in [0.1, 0.15) is 0 Å². The largest absolute Gasteiger partial charge is 0.350 e. The highest BCUT2D eigenvalue weighted by molar-refractivity contribution is 6.30. The first kappa shape index (κ1) is 16.9. The zero-order valence-electron chi connectivity index (χ0n) is 13.7. The maximum absolute atomic E-state index is 12.2. The minimum atomic E-state index is -0.285. The van der Waals surface area contributed by atoms with Crippen LogP contribution in [0.4, 0.5) is 11.6 Å². The number of aromatic nitrogens is 2. The van der Waals surface area contributed by atoms with Crippen LogP contribution >= 0.6 is 11.6 Å². The first-order valence-electron chi connectivity index (χ1n) is 7.79. The van der Waals surface area contributed by atoms with E-state index in [-0.39, 0.29) is 5.91 Å². The van der Waals surface area contributed by atoms with Crippen LogP contribution in [0.1, 0.15) is 21.5 Å². The molecule has 0 fully saturated rings. The van der Waals surface area contributed by atoms with Gasteiger partial charge < -0.3 is 10.6 Å². The van der Waals surface area contributed by atoms with Crippen LogP contribution in [0, 0.1) is 6.92 Å². The highest BCUT2D eigenvalue weighted by Crippen LogP contribution is 2.16. The Morgan fingerprint density at radius 3 is 2.56 bits per heavy atom. The van der Waals surface area contributed by atoms with Crippen molar-refractivity contribution in [2.24, 2.45) is 0 Å². The number of nitrogens with zero attached hydrogens (tertiary/aromatic N) is 2. The first-order chi connectivity index (χ1) is 12.1. The number of hydrogen-bond donors (Lipinski definition) is 2. The minimum absolute atomic E-state index is 0.285. The Bertz CT molecular complexity index is 881. The summed E-state index contributed by atoms with van der Waals surface area (Å²) in [4.78, 5) is 20.6. The molecule has 2 aromatic carbocycles. The molecule has 2 N–H and O–H groups in total. The Balaban J connectivity index is 1.61. The molecule has 0 radical (unpaired) electrons. The van der Waals surface area contributed by atoms with E-state index >= 15 is 0 Å². The number of carbonyl (C=O) groups excluding carboxylic acids is 1. The summed E-state index contributed by atoms with van der Waals surface area (Å²) >= 11 is 5.91. The van der Waals surface area contributed by atoms with Gasteiger partial charge in [0.05, 0.1) is 5.56 Å². The van der Waals surface area contributed by atoms with Gasteiger partial charge in [-0.3, -0.25) is 4.79 Å². The van der Waals surface area contributed by atoms with E-state index in [2.05, 4.69) is 39.7 Å². The second-order valence-corrected chi connectivity index (χ2v) is 5.98. The van der Waals surface area contributed by atoms with E-state index in [9.17, 15) is 4.79 Å². The predicted molar refractivity (Wildman–Crippen MR) is 99.9 cm³/mol. The fourth-order valence-corrected chi connectivity index (χ4v) is 2.48. The summed E-state index contributed by atoms with van der Waals surface area (Å²) in [7, 11) is 0. The SMILES string of the molecule is Cc1ccccc1CNc1ncc(C(=O)Nc2cccc(Cl)c2)cn1. The fraction of sp³-hybridized carbons (Fsp3) is 0.105. The number of benzene rings is 2. The third kappa shape index (κ3) is 4.55. The van der Waals surface area contributed by atoms with Crippen molar-refractivity contribution in [2.75, 3.05) is 10.6 Å². The van der Waals surface area contributed by atoms with Crippen LogP contribution in [-0.4, -0.2) is 15.9 Å². The molecule has 3 aromatic rings. The number of nitrogens with one attached hydrogen (secondary N) is 2. The van der Waals surface area contributed by atoms with Crippen molar-refractivity contribution < 1.29 is 4.79 Å². The Morgan fingerprint density at radius 1 is 1.08 bits per heavy atom. The molecule has 0 unspecified atom stereocenters. The normalized spacial score (nSPS) is 10.3. The summed E-state index contributed by atoms with van der Waals surface area (Å²) in [5, 5.41) is 6.47. The summed E-state index contributed by atoms with van der Waals surface area (Å²) in [6, 6.07) is 15.1. The lowest BCUT2D eigenvalue weighted by atomic mass is 10.1. The molecule has 1 heterocycles. The Kier molecular flexibility index (Phi) is 5.26. The molecule has 0 aliphatic carbocycles. The number of anilines is 2. The van der Waals surface area contributed by atoms with Gasteiger partial charge in [0, 0.05) is 29.6 Å². The first-order valence-corrected chi connectivity index (χ1v) is 8.17. The second kappa shape index (κ2) is 7.77. The van der Waals surface area contributed by atoms with Gasteiger partial charge in [0.25, 0.3) is 5.91 Å². The second-order valence-electron chi connectivity index (χ2n) is 5.54. The molecule has 25 heavy (non-hydrogen) atoms. The molecule has 5 nitrogen and oxygen atoms in total. The number of amides is 1. The van der Waals surface area contributed by atoms with E-state index in [4.69, 9.17) is 11.6 Å². The van der Waals surface area contributed by atoms with Crippen LogP contribution in [-0.2, 0) is 6.54 Å². The highest BCUT2D eigenvalue weighted by Gasteiger charge is 2.08. The van der Waals surface area contributed by atoms with Crippen molar-refractivity contribution in [3.05, 3.63) is 82.6 Å². The van der Waals surface area contributed by atoms with Gasteiger partial charge in [-0.15, -0.1) is 0 Å². The van der Waals surface area contributed by atoms with Crippen LogP contribution in [0.5, 0.6) is 0 Å². The Hall–Kier alpha value is -2.92. The molecule has 0 atom stereocenters. The molecule has 0 saturated carbocycles. The summed E-state index contributed by atoms with van der Waals surface area (Å²) in [6.07, 6.45) is 2.99. The molecule has 6 heteroatoms. The van der Waals surface area contributed by atoms with E-state index in [0.717, 1.165) is 0 Å². The average molecular weight is 353 g/mol. The van der Waals surface area contributed by atoms with Gasteiger partial charge in [-0.2, -0.15) is 0 Å². The average Bonchev–Trinajstić information content (AvgIpc) is 2.61. The zero-order chi connectivity index (χ0) is 17.6. The number of rotatable bonds is 5. The molecule has 0 spiro atoms. The molecule has 1 aromatic heterocycles. The monoisotopic (exact) mass is 352 g/mol. The van der Waals surface area contributed by atoms with Crippen molar-refractivity contribution >= 4 is 29.1 Å².